The Morgan fingerprint density at radius 2 is 1.24 bits per heavy atom. The molecule has 0 unspecified atom stereocenters. The molecule has 4 rings (SSSR count). The van der Waals surface area contributed by atoms with Crippen molar-refractivity contribution < 1.29 is 22.6 Å². The number of aryl methyl sites for hydroxylation is 1. The molecule has 0 heterocycles. The Balaban J connectivity index is 1.48. The third kappa shape index (κ3) is 5.03. The molecule has 0 aliphatic rings. The van der Waals surface area contributed by atoms with Gasteiger partial charge in [-0.25, -0.2) is 13.2 Å². The van der Waals surface area contributed by atoms with Crippen molar-refractivity contribution in [3.63, 3.8) is 0 Å². The maximum atomic E-state index is 14.9. The van der Waals surface area contributed by atoms with Crippen LogP contribution in [0.1, 0.15) is 18.1 Å². The zero-order valence-electron chi connectivity index (χ0n) is 18.4. The number of benzene rings is 4. The van der Waals surface area contributed by atoms with E-state index in [0.29, 0.717) is 23.5 Å². The summed E-state index contributed by atoms with van der Waals surface area (Å²) in [7, 11) is 0. The Morgan fingerprint density at radius 3 is 1.79 bits per heavy atom. The van der Waals surface area contributed by atoms with Crippen LogP contribution in [0.25, 0.3) is 22.3 Å². The summed E-state index contributed by atoms with van der Waals surface area (Å²) in [5.74, 6) is -1.70. The molecule has 168 valence electrons. The molecule has 0 saturated heterocycles. The average molecular weight is 448 g/mol. The topological polar surface area (TPSA) is 18.5 Å². The molecule has 0 saturated carbocycles. The van der Waals surface area contributed by atoms with Gasteiger partial charge in [-0.3, -0.25) is 0 Å². The average Bonchev–Trinajstić information content (AvgIpc) is 2.82. The first kappa shape index (κ1) is 22.5. The third-order valence-corrected chi connectivity index (χ3v) is 5.32. The van der Waals surface area contributed by atoms with Crippen molar-refractivity contribution in [1.29, 1.82) is 0 Å². The monoisotopic (exact) mass is 448 g/mol. The molecule has 0 spiro atoms. The molecule has 0 N–H and O–H groups in total. The van der Waals surface area contributed by atoms with Crippen LogP contribution in [0.4, 0.5) is 13.2 Å². The predicted octanol–water partition coefficient (Wildman–Crippen LogP) is 7.72. The van der Waals surface area contributed by atoms with Crippen LogP contribution in [0, 0.1) is 24.4 Å². The van der Waals surface area contributed by atoms with Gasteiger partial charge in [0.2, 0.25) is 0 Å². The van der Waals surface area contributed by atoms with Crippen LogP contribution in [0.3, 0.4) is 0 Å². The number of halogens is 3. The second kappa shape index (κ2) is 9.82. The minimum Gasteiger partial charge on any atom is -0.491 e. The summed E-state index contributed by atoms with van der Waals surface area (Å²) in [6, 6.07) is 21.8. The number of hydrogen-bond donors (Lipinski definition) is 0. The molecule has 0 bridgehead atoms. The van der Waals surface area contributed by atoms with Crippen molar-refractivity contribution in [1.82, 2.24) is 0 Å². The summed E-state index contributed by atoms with van der Waals surface area (Å²) >= 11 is 0. The summed E-state index contributed by atoms with van der Waals surface area (Å²) in [6.07, 6.45) is 0. The molecule has 4 aromatic rings. The fourth-order valence-corrected chi connectivity index (χ4v) is 3.52. The van der Waals surface area contributed by atoms with Crippen LogP contribution in [0.15, 0.2) is 78.9 Å². The third-order valence-electron chi connectivity index (χ3n) is 5.32. The minimum absolute atomic E-state index is 0.178. The fourth-order valence-electron chi connectivity index (χ4n) is 3.52. The molecule has 5 heteroatoms. The summed E-state index contributed by atoms with van der Waals surface area (Å²) in [4.78, 5) is 0. The Bertz CT molecular complexity index is 1250. The molecule has 0 atom stereocenters. The van der Waals surface area contributed by atoms with Gasteiger partial charge in [0.15, 0.2) is 23.2 Å². The lowest BCUT2D eigenvalue weighted by molar-refractivity contribution is 0.297. The molecule has 0 aliphatic heterocycles. The first-order chi connectivity index (χ1) is 16.0. The molecule has 33 heavy (non-hydrogen) atoms. The van der Waals surface area contributed by atoms with Crippen LogP contribution in [-0.2, 0) is 6.61 Å². The highest BCUT2D eigenvalue weighted by Gasteiger charge is 2.16. The fraction of sp³-hybridized carbons (Fsp3) is 0.143. The first-order valence-electron chi connectivity index (χ1n) is 10.7. The van der Waals surface area contributed by atoms with Crippen LogP contribution >= 0.6 is 0 Å². The lowest BCUT2D eigenvalue weighted by Gasteiger charge is -2.11. The van der Waals surface area contributed by atoms with E-state index >= 15 is 0 Å². The highest BCUT2D eigenvalue weighted by atomic mass is 19.2. The van der Waals surface area contributed by atoms with Gasteiger partial charge in [-0.1, -0.05) is 66.2 Å². The molecule has 0 radical (unpaired) electrons. The Hall–Kier alpha value is -3.73. The maximum absolute atomic E-state index is 14.9. The molecule has 4 aromatic carbocycles. The zero-order valence-corrected chi connectivity index (χ0v) is 18.4. The second-order valence-electron chi connectivity index (χ2n) is 7.67. The van der Waals surface area contributed by atoms with Gasteiger partial charge in [0.25, 0.3) is 0 Å². The Kier molecular flexibility index (Phi) is 6.68. The summed E-state index contributed by atoms with van der Waals surface area (Å²) in [5.41, 5.74) is 3.45. The quantitative estimate of drug-likeness (QED) is 0.288. The number of rotatable bonds is 7. The molecule has 0 aliphatic carbocycles. The van der Waals surface area contributed by atoms with Crippen molar-refractivity contribution >= 4 is 0 Å². The standard InChI is InChI=1S/C28H23F3O2/c1-3-32-26-15-12-22(16-25(26)29)33-17-19-6-10-21(11-7-19)24-14-13-23(27(30)28(24)31)20-8-4-18(2)5-9-20/h4-16H,3,17H2,1-2H3. The van der Waals surface area contributed by atoms with E-state index in [2.05, 4.69) is 0 Å². The van der Waals surface area contributed by atoms with Crippen molar-refractivity contribution in [3.8, 4) is 33.8 Å². The minimum atomic E-state index is -0.887. The van der Waals surface area contributed by atoms with E-state index in [1.165, 1.54) is 12.1 Å². The van der Waals surface area contributed by atoms with Crippen LogP contribution in [-0.4, -0.2) is 6.61 Å². The first-order valence-corrected chi connectivity index (χ1v) is 10.7. The molecular weight excluding hydrogens is 425 g/mol. The molecule has 0 aromatic heterocycles. The number of hydrogen-bond acceptors (Lipinski definition) is 2. The van der Waals surface area contributed by atoms with E-state index in [1.807, 2.05) is 19.1 Å². The summed E-state index contributed by atoms with van der Waals surface area (Å²) in [6.45, 7) is 4.31. The lowest BCUT2D eigenvalue weighted by atomic mass is 9.98. The lowest BCUT2D eigenvalue weighted by Crippen LogP contribution is -1.98. The van der Waals surface area contributed by atoms with Gasteiger partial charge in [0, 0.05) is 17.2 Å². The van der Waals surface area contributed by atoms with Crippen LogP contribution in [0.2, 0.25) is 0 Å². The Morgan fingerprint density at radius 1 is 0.667 bits per heavy atom. The van der Waals surface area contributed by atoms with Crippen molar-refractivity contribution in [2.75, 3.05) is 6.61 Å². The SMILES string of the molecule is CCOc1ccc(OCc2ccc(-c3ccc(-c4ccc(C)cc4)c(F)c3F)cc2)cc1F. The largest absolute Gasteiger partial charge is 0.491 e. The normalized spacial score (nSPS) is 10.8. The van der Waals surface area contributed by atoms with Crippen molar-refractivity contribution in [2.24, 2.45) is 0 Å². The van der Waals surface area contributed by atoms with Crippen molar-refractivity contribution in [3.05, 3.63) is 107 Å². The molecule has 0 amide bonds. The summed E-state index contributed by atoms with van der Waals surface area (Å²) in [5, 5.41) is 0. The van der Waals surface area contributed by atoms with Gasteiger partial charge in [0.05, 0.1) is 6.61 Å². The highest BCUT2D eigenvalue weighted by molar-refractivity contribution is 5.72. The van der Waals surface area contributed by atoms with E-state index in [-0.39, 0.29) is 23.5 Å². The Labute approximate surface area is 191 Å². The molecule has 2 nitrogen and oxygen atoms in total. The van der Waals surface area contributed by atoms with Gasteiger partial charge in [0.1, 0.15) is 12.4 Å². The highest BCUT2D eigenvalue weighted by Crippen LogP contribution is 2.32. The van der Waals surface area contributed by atoms with E-state index in [0.717, 1.165) is 11.1 Å². The van der Waals surface area contributed by atoms with E-state index < -0.39 is 17.5 Å². The van der Waals surface area contributed by atoms with E-state index in [4.69, 9.17) is 9.47 Å². The predicted molar refractivity (Wildman–Crippen MR) is 124 cm³/mol. The van der Waals surface area contributed by atoms with Gasteiger partial charge in [-0.2, -0.15) is 0 Å². The van der Waals surface area contributed by atoms with E-state index in [1.54, 1.807) is 61.5 Å². The molecular formula is C28H23F3O2. The van der Waals surface area contributed by atoms with Crippen molar-refractivity contribution in [2.45, 2.75) is 20.5 Å². The van der Waals surface area contributed by atoms with Crippen LogP contribution < -0.4 is 9.47 Å². The zero-order chi connectivity index (χ0) is 23.4. The van der Waals surface area contributed by atoms with Gasteiger partial charge in [-0.05, 0) is 42.7 Å². The van der Waals surface area contributed by atoms with Gasteiger partial charge >= 0.3 is 0 Å². The van der Waals surface area contributed by atoms with Gasteiger partial charge < -0.3 is 9.47 Å². The van der Waals surface area contributed by atoms with Crippen LogP contribution in [0.5, 0.6) is 11.5 Å². The molecule has 0 fully saturated rings. The van der Waals surface area contributed by atoms with E-state index in [9.17, 15) is 13.2 Å². The number of ether oxygens (including phenoxy) is 2. The smallest absolute Gasteiger partial charge is 0.168 e. The second-order valence-corrected chi connectivity index (χ2v) is 7.67. The maximum Gasteiger partial charge on any atom is 0.168 e. The summed E-state index contributed by atoms with van der Waals surface area (Å²) < 4.78 is 54.4. The van der Waals surface area contributed by atoms with Gasteiger partial charge in [-0.15, -0.1) is 0 Å².